The number of nitrogens with one attached hydrogen (secondary N) is 1. The molecule has 1 aliphatic rings. The second-order valence-corrected chi connectivity index (χ2v) is 4.55. The number of ether oxygens (including phenoxy) is 2. The minimum atomic E-state index is 0.146. The van der Waals surface area contributed by atoms with E-state index in [0.29, 0.717) is 11.3 Å². The van der Waals surface area contributed by atoms with Gasteiger partial charge in [-0.05, 0) is 12.1 Å². The van der Waals surface area contributed by atoms with Gasteiger partial charge in [0.15, 0.2) is 11.5 Å². The van der Waals surface area contributed by atoms with E-state index in [1.807, 2.05) is 12.1 Å². The molecule has 1 saturated heterocycles. The first-order valence-corrected chi connectivity index (χ1v) is 6.58. The average Bonchev–Trinajstić information content (AvgIpc) is 2.46. The van der Waals surface area contributed by atoms with Crippen LogP contribution in [0.2, 0.25) is 0 Å². The lowest BCUT2D eigenvalue weighted by molar-refractivity contribution is -0.906. The van der Waals surface area contributed by atoms with Gasteiger partial charge in [-0.15, -0.1) is 0 Å². The Morgan fingerprint density at radius 3 is 2.95 bits per heavy atom. The van der Waals surface area contributed by atoms with Crippen molar-refractivity contribution in [2.45, 2.75) is 0 Å². The minimum Gasteiger partial charge on any atom is -0.504 e. The summed E-state index contributed by atoms with van der Waals surface area (Å²) in [5.74, 6) is 0.621. The number of quaternary nitrogens is 1. The lowest BCUT2D eigenvalue weighted by Gasteiger charge is -2.22. The van der Waals surface area contributed by atoms with Crippen molar-refractivity contribution in [3.05, 3.63) is 23.8 Å². The molecule has 0 atom stereocenters. The Morgan fingerprint density at radius 1 is 1.42 bits per heavy atom. The van der Waals surface area contributed by atoms with Crippen molar-refractivity contribution >= 4 is 6.21 Å². The largest absolute Gasteiger partial charge is 0.504 e. The Hall–Kier alpha value is -1.59. The molecular formula is C14H21N2O3+. The predicted molar refractivity (Wildman–Crippen MR) is 73.5 cm³/mol. The Balaban J connectivity index is 1.84. The first-order chi connectivity index (χ1) is 9.31. The number of methoxy groups -OCH3 is 1. The van der Waals surface area contributed by atoms with Crippen molar-refractivity contribution in [2.24, 2.45) is 4.99 Å². The molecule has 0 spiro atoms. The third kappa shape index (κ3) is 3.94. The number of morpholine rings is 1. The second-order valence-electron chi connectivity index (χ2n) is 4.55. The maximum Gasteiger partial charge on any atom is 0.166 e. The van der Waals surface area contributed by atoms with E-state index in [1.54, 1.807) is 12.3 Å². The fraction of sp³-hybridized carbons (Fsp3) is 0.500. The van der Waals surface area contributed by atoms with Crippen LogP contribution in [0.4, 0.5) is 0 Å². The highest BCUT2D eigenvalue weighted by Crippen LogP contribution is 2.27. The van der Waals surface area contributed by atoms with Gasteiger partial charge in [0, 0.05) is 11.8 Å². The summed E-state index contributed by atoms with van der Waals surface area (Å²) in [6, 6.07) is 5.39. The quantitative estimate of drug-likeness (QED) is 0.721. The molecule has 0 unspecified atom stereocenters. The molecule has 1 fully saturated rings. The van der Waals surface area contributed by atoms with E-state index in [0.717, 1.165) is 39.4 Å². The van der Waals surface area contributed by atoms with E-state index in [4.69, 9.17) is 9.47 Å². The number of rotatable bonds is 5. The lowest BCUT2D eigenvalue weighted by atomic mass is 10.2. The Kier molecular flexibility index (Phi) is 5.18. The summed E-state index contributed by atoms with van der Waals surface area (Å²) in [6.07, 6.45) is 1.71. The first-order valence-electron chi connectivity index (χ1n) is 6.58. The van der Waals surface area contributed by atoms with E-state index in [-0.39, 0.29) is 5.75 Å². The summed E-state index contributed by atoms with van der Waals surface area (Å²) in [5.41, 5.74) is 0.691. The Bertz CT molecular complexity index is 429. The van der Waals surface area contributed by atoms with Crippen molar-refractivity contribution in [1.29, 1.82) is 0 Å². The van der Waals surface area contributed by atoms with Crippen LogP contribution in [0.1, 0.15) is 5.56 Å². The highest BCUT2D eigenvalue weighted by molar-refractivity contribution is 5.84. The van der Waals surface area contributed by atoms with Crippen LogP contribution in [-0.4, -0.2) is 57.8 Å². The van der Waals surface area contributed by atoms with Gasteiger partial charge in [0.2, 0.25) is 0 Å². The van der Waals surface area contributed by atoms with Crippen molar-refractivity contribution in [1.82, 2.24) is 0 Å². The zero-order valence-electron chi connectivity index (χ0n) is 11.3. The van der Waals surface area contributed by atoms with Gasteiger partial charge in [0.1, 0.15) is 13.1 Å². The fourth-order valence-electron chi connectivity index (χ4n) is 2.10. The molecular weight excluding hydrogens is 244 g/mol. The second kappa shape index (κ2) is 7.11. The molecule has 2 N–H and O–H groups in total. The molecule has 0 amide bonds. The van der Waals surface area contributed by atoms with Gasteiger partial charge in [0.05, 0.1) is 33.4 Å². The zero-order chi connectivity index (χ0) is 13.5. The number of hydrogen-bond acceptors (Lipinski definition) is 4. The van der Waals surface area contributed by atoms with Crippen LogP contribution in [0.5, 0.6) is 11.5 Å². The number of phenolic OH excluding ortho intramolecular Hbond substituents is 1. The molecule has 5 nitrogen and oxygen atoms in total. The molecule has 0 radical (unpaired) electrons. The molecule has 0 aromatic heterocycles. The first kappa shape index (κ1) is 13.8. The van der Waals surface area contributed by atoms with Crippen molar-refractivity contribution in [3.63, 3.8) is 0 Å². The monoisotopic (exact) mass is 265 g/mol. The van der Waals surface area contributed by atoms with Crippen LogP contribution >= 0.6 is 0 Å². The van der Waals surface area contributed by atoms with Gasteiger partial charge in [-0.25, -0.2) is 0 Å². The number of para-hydroxylation sites is 1. The molecule has 1 aliphatic heterocycles. The van der Waals surface area contributed by atoms with Crippen molar-refractivity contribution < 1.29 is 19.5 Å². The van der Waals surface area contributed by atoms with E-state index < -0.39 is 0 Å². The molecule has 19 heavy (non-hydrogen) atoms. The van der Waals surface area contributed by atoms with Crippen molar-refractivity contribution in [2.75, 3.05) is 46.5 Å². The molecule has 1 aromatic rings. The van der Waals surface area contributed by atoms with Crippen LogP contribution in [0.25, 0.3) is 0 Å². The minimum absolute atomic E-state index is 0.146. The molecule has 0 saturated carbocycles. The van der Waals surface area contributed by atoms with Gasteiger partial charge < -0.3 is 19.5 Å². The number of phenols is 1. The van der Waals surface area contributed by atoms with Crippen LogP contribution in [0, 0.1) is 0 Å². The molecule has 1 heterocycles. The van der Waals surface area contributed by atoms with Crippen molar-refractivity contribution in [3.8, 4) is 11.5 Å². The smallest absolute Gasteiger partial charge is 0.166 e. The van der Waals surface area contributed by atoms with Crippen LogP contribution in [0.15, 0.2) is 23.2 Å². The normalized spacial score (nSPS) is 16.9. The SMILES string of the molecule is COc1cccc(C=NCC[NH+]2CCOCC2)c1O. The lowest BCUT2D eigenvalue weighted by Crippen LogP contribution is -3.14. The van der Waals surface area contributed by atoms with Crippen LogP contribution in [0.3, 0.4) is 0 Å². The molecule has 0 bridgehead atoms. The standard InChI is InChI=1S/C14H20N2O3/c1-18-13-4-2-3-12(14(13)17)11-15-5-6-16-7-9-19-10-8-16/h2-4,11,17H,5-10H2,1H3/p+1. The maximum atomic E-state index is 9.90. The van der Waals surface area contributed by atoms with Gasteiger partial charge in [-0.1, -0.05) is 6.07 Å². The summed E-state index contributed by atoms with van der Waals surface area (Å²) in [4.78, 5) is 5.90. The molecule has 0 aliphatic carbocycles. The maximum absolute atomic E-state index is 9.90. The van der Waals surface area contributed by atoms with Gasteiger partial charge in [0.25, 0.3) is 0 Å². The summed E-state index contributed by atoms with van der Waals surface area (Å²) >= 11 is 0. The van der Waals surface area contributed by atoms with E-state index in [1.165, 1.54) is 12.0 Å². The number of hydrogen-bond donors (Lipinski definition) is 2. The summed E-state index contributed by atoms with van der Waals surface area (Å²) < 4.78 is 10.4. The Morgan fingerprint density at radius 2 is 2.21 bits per heavy atom. The van der Waals surface area contributed by atoms with E-state index in [9.17, 15) is 5.11 Å². The molecule has 5 heteroatoms. The number of nitrogens with zero attached hydrogens (tertiary/aromatic N) is 1. The summed E-state index contributed by atoms with van der Waals surface area (Å²) in [6.45, 7) is 5.56. The summed E-state index contributed by atoms with van der Waals surface area (Å²) in [5, 5.41) is 9.90. The van der Waals surface area contributed by atoms with E-state index >= 15 is 0 Å². The number of aliphatic imine (C=N–C) groups is 1. The highest BCUT2D eigenvalue weighted by atomic mass is 16.5. The zero-order valence-corrected chi connectivity index (χ0v) is 11.3. The van der Waals surface area contributed by atoms with Gasteiger partial charge in [-0.2, -0.15) is 0 Å². The topological polar surface area (TPSA) is 55.5 Å². The molecule has 2 rings (SSSR count). The molecule has 104 valence electrons. The fourth-order valence-corrected chi connectivity index (χ4v) is 2.10. The predicted octanol–water partition coefficient (Wildman–Crippen LogP) is -0.265. The number of aromatic hydroxyl groups is 1. The Labute approximate surface area is 113 Å². The highest BCUT2D eigenvalue weighted by Gasteiger charge is 2.12. The van der Waals surface area contributed by atoms with Gasteiger partial charge in [-0.3, -0.25) is 4.99 Å². The van der Waals surface area contributed by atoms with E-state index in [2.05, 4.69) is 4.99 Å². The molecule has 1 aromatic carbocycles. The average molecular weight is 265 g/mol. The third-order valence-electron chi connectivity index (χ3n) is 3.27. The van der Waals surface area contributed by atoms with Crippen LogP contribution in [-0.2, 0) is 4.74 Å². The van der Waals surface area contributed by atoms with Crippen LogP contribution < -0.4 is 9.64 Å². The van der Waals surface area contributed by atoms with Gasteiger partial charge >= 0.3 is 0 Å². The third-order valence-corrected chi connectivity index (χ3v) is 3.27. The summed E-state index contributed by atoms with van der Waals surface area (Å²) in [7, 11) is 1.54. The number of benzene rings is 1.